The fourth-order valence-corrected chi connectivity index (χ4v) is 0.842. The Kier molecular flexibility index (Phi) is 2.53. The van der Waals surface area contributed by atoms with Crippen molar-refractivity contribution in [3.8, 4) is 5.75 Å². The highest BCUT2D eigenvalue weighted by atomic mass is 16.3. The average molecular weight is 166 g/mol. The molecule has 0 atom stereocenters. The first-order valence-electron chi connectivity index (χ1n) is 3.51. The molecule has 4 nitrogen and oxygen atoms in total. The Morgan fingerprint density at radius 2 is 2.42 bits per heavy atom. The number of hydrogen-bond acceptors (Lipinski definition) is 3. The minimum absolute atomic E-state index is 0.247. The largest absolute Gasteiger partial charge is 0.503 e. The van der Waals surface area contributed by atoms with Gasteiger partial charge >= 0.3 is 0 Å². The van der Waals surface area contributed by atoms with Crippen molar-refractivity contribution in [1.82, 2.24) is 4.57 Å². The van der Waals surface area contributed by atoms with Gasteiger partial charge in [-0.2, -0.15) is 0 Å². The third-order valence-electron chi connectivity index (χ3n) is 1.44. The third kappa shape index (κ3) is 1.66. The maximum atomic E-state index is 11.1. The molecule has 0 aromatic carbocycles. The van der Waals surface area contributed by atoms with Gasteiger partial charge in [-0.05, 0) is 24.4 Å². The van der Waals surface area contributed by atoms with Gasteiger partial charge in [-0.15, -0.1) is 0 Å². The molecule has 0 spiro atoms. The Hall–Kier alpha value is -1.71. The van der Waals surface area contributed by atoms with Crippen molar-refractivity contribution in [2.45, 2.75) is 6.54 Å². The molecule has 0 unspecified atom stereocenters. The van der Waals surface area contributed by atoms with Gasteiger partial charge < -0.3 is 15.4 Å². The third-order valence-corrected chi connectivity index (χ3v) is 1.44. The molecule has 64 valence electrons. The van der Waals surface area contributed by atoms with Crippen molar-refractivity contribution in [3.05, 3.63) is 41.0 Å². The van der Waals surface area contributed by atoms with E-state index in [4.69, 9.17) is 10.8 Å². The van der Waals surface area contributed by atoms with E-state index in [9.17, 15) is 4.79 Å². The zero-order chi connectivity index (χ0) is 8.97. The van der Waals surface area contributed by atoms with Crippen molar-refractivity contribution < 1.29 is 5.11 Å². The summed E-state index contributed by atoms with van der Waals surface area (Å²) in [5.74, 6) is -0.247. The molecule has 4 heteroatoms. The second-order valence-electron chi connectivity index (χ2n) is 2.28. The van der Waals surface area contributed by atoms with Crippen LogP contribution in [-0.2, 0) is 6.54 Å². The van der Waals surface area contributed by atoms with E-state index >= 15 is 0 Å². The number of allylic oxidation sites excluding steroid dienone is 1. The van der Waals surface area contributed by atoms with E-state index in [0.29, 0.717) is 6.54 Å². The van der Waals surface area contributed by atoms with Crippen molar-refractivity contribution in [3.63, 3.8) is 0 Å². The summed E-state index contributed by atoms with van der Waals surface area (Å²) in [5.41, 5.74) is 4.70. The first-order valence-corrected chi connectivity index (χ1v) is 3.51. The van der Waals surface area contributed by atoms with Crippen LogP contribution < -0.4 is 11.3 Å². The summed E-state index contributed by atoms with van der Waals surface area (Å²) < 4.78 is 1.36. The lowest BCUT2D eigenvalue weighted by atomic mass is 10.4. The molecule has 0 aliphatic rings. The average Bonchev–Trinajstić information content (AvgIpc) is 2.08. The van der Waals surface area contributed by atoms with Gasteiger partial charge in [-0.1, -0.05) is 0 Å². The molecule has 0 saturated carbocycles. The first kappa shape index (κ1) is 8.39. The van der Waals surface area contributed by atoms with E-state index in [-0.39, 0.29) is 5.75 Å². The summed E-state index contributed by atoms with van der Waals surface area (Å²) in [4.78, 5) is 11.1. The van der Waals surface area contributed by atoms with Gasteiger partial charge in [0.05, 0.1) is 0 Å². The van der Waals surface area contributed by atoms with E-state index in [1.54, 1.807) is 18.3 Å². The predicted octanol–water partition coefficient (Wildman–Crippen LogP) is 0.0263. The number of rotatable bonds is 2. The number of hydrogen-bond donors (Lipinski definition) is 2. The van der Waals surface area contributed by atoms with Gasteiger partial charge in [0.2, 0.25) is 0 Å². The molecule has 3 N–H and O–H groups in total. The topological polar surface area (TPSA) is 68.2 Å². The lowest BCUT2D eigenvalue weighted by Gasteiger charge is -2.00. The number of nitrogens with zero attached hydrogens (tertiary/aromatic N) is 1. The Balaban J connectivity index is 3.00. The van der Waals surface area contributed by atoms with Crippen LogP contribution in [0.25, 0.3) is 0 Å². The Morgan fingerprint density at radius 1 is 1.67 bits per heavy atom. The minimum Gasteiger partial charge on any atom is -0.503 e. The molecule has 12 heavy (non-hydrogen) atoms. The molecule has 0 aliphatic heterocycles. The van der Waals surface area contributed by atoms with Gasteiger partial charge in [0, 0.05) is 12.7 Å². The quantitative estimate of drug-likeness (QED) is 0.651. The van der Waals surface area contributed by atoms with E-state index in [1.165, 1.54) is 16.8 Å². The van der Waals surface area contributed by atoms with Crippen molar-refractivity contribution in [1.29, 1.82) is 0 Å². The standard InChI is InChI=1S/C8H10N2O2/c9-4-2-6-10-5-1-3-7(11)8(10)12/h1-5,11H,6,9H2. The van der Waals surface area contributed by atoms with Gasteiger partial charge in [0.15, 0.2) is 5.75 Å². The van der Waals surface area contributed by atoms with Crippen LogP contribution in [0.15, 0.2) is 35.4 Å². The van der Waals surface area contributed by atoms with Crippen LogP contribution in [-0.4, -0.2) is 9.67 Å². The molecule has 1 aromatic rings. The van der Waals surface area contributed by atoms with Crippen LogP contribution in [0.5, 0.6) is 5.75 Å². The molecule has 1 rings (SSSR count). The summed E-state index contributed by atoms with van der Waals surface area (Å²) >= 11 is 0. The highest BCUT2D eigenvalue weighted by Crippen LogP contribution is 1.97. The lowest BCUT2D eigenvalue weighted by Crippen LogP contribution is -2.17. The first-order chi connectivity index (χ1) is 5.75. The lowest BCUT2D eigenvalue weighted by molar-refractivity contribution is 0.459. The number of aromatic nitrogens is 1. The smallest absolute Gasteiger partial charge is 0.292 e. The highest BCUT2D eigenvalue weighted by molar-refractivity contribution is 5.15. The van der Waals surface area contributed by atoms with E-state index < -0.39 is 5.56 Å². The SMILES string of the molecule is NC=CCn1cccc(O)c1=O. The van der Waals surface area contributed by atoms with Crippen LogP contribution in [0, 0.1) is 0 Å². The highest BCUT2D eigenvalue weighted by Gasteiger charge is 1.97. The molecule has 0 radical (unpaired) electrons. The van der Waals surface area contributed by atoms with Crippen LogP contribution in [0.2, 0.25) is 0 Å². The molecule has 0 bridgehead atoms. The van der Waals surface area contributed by atoms with Gasteiger partial charge in [0.25, 0.3) is 5.56 Å². The number of aromatic hydroxyl groups is 1. The Labute approximate surface area is 69.6 Å². The predicted molar refractivity (Wildman–Crippen MR) is 45.7 cm³/mol. The summed E-state index contributed by atoms with van der Waals surface area (Å²) in [6.45, 7) is 0.379. The molecular weight excluding hydrogens is 156 g/mol. The van der Waals surface area contributed by atoms with Gasteiger partial charge in [0.1, 0.15) is 0 Å². The van der Waals surface area contributed by atoms with E-state index in [2.05, 4.69) is 0 Å². The monoisotopic (exact) mass is 166 g/mol. The molecule has 0 amide bonds. The van der Waals surface area contributed by atoms with Gasteiger partial charge in [-0.3, -0.25) is 4.79 Å². The second-order valence-corrected chi connectivity index (χ2v) is 2.28. The Morgan fingerprint density at radius 3 is 3.08 bits per heavy atom. The number of nitrogens with two attached hydrogens (primary N) is 1. The summed E-state index contributed by atoms with van der Waals surface area (Å²) in [5, 5.41) is 9.01. The maximum absolute atomic E-state index is 11.1. The molecule has 0 aliphatic carbocycles. The molecule has 1 aromatic heterocycles. The second kappa shape index (κ2) is 3.61. The molecular formula is C8H10N2O2. The number of pyridine rings is 1. The zero-order valence-electron chi connectivity index (χ0n) is 6.47. The fraction of sp³-hybridized carbons (Fsp3) is 0.125. The van der Waals surface area contributed by atoms with Crippen LogP contribution in [0.1, 0.15) is 0 Å². The summed E-state index contributed by atoms with van der Waals surface area (Å²) in [7, 11) is 0. The van der Waals surface area contributed by atoms with Crippen molar-refractivity contribution in [2.24, 2.45) is 5.73 Å². The zero-order valence-corrected chi connectivity index (χ0v) is 6.47. The normalized spacial score (nSPS) is 10.7. The van der Waals surface area contributed by atoms with E-state index in [1.807, 2.05) is 0 Å². The molecule has 0 saturated heterocycles. The van der Waals surface area contributed by atoms with Crippen molar-refractivity contribution >= 4 is 0 Å². The summed E-state index contributed by atoms with van der Waals surface area (Å²) in [6, 6.07) is 2.95. The van der Waals surface area contributed by atoms with Crippen LogP contribution in [0.3, 0.4) is 0 Å². The van der Waals surface area contributed by atoms with Gasteiger partial charge in [-0.25, -0.2) is 0 Å². The fourth-order valence-electron chi connectivity index (χ4n) is 0.842. The minimum atomic E-state index is -0.407. The molecule has 0 fully saturated rings. The maximum Gasteiger partial charge on any atom is 0.292 e. The summed E-state index contributed by atoms with van der Waals surface area (Å²) in [6.07, 6.45) is 4.57. The van der Waals surface area contributed by atoms with Crippen LogP contribution in [0.4, 0.5) is 0 Å². The van der Waals surface area contributed by atoms with Crippen LogP contribution >= 0.6 is 0 Å². The van der Waals surface area contributed by atoms with Crippen molar-refractivity contribution in [2.75, 3.05) is 0 Å². The molecule has 1 heterocycles. The van der Waals surface area contributed by atoms with E-state index in [0.717, 1.165) is 0 Å². The Bertz CT molecular complexity index is 341.